The molecule has 0 aliphatic rings. The van der Waals surface area contributed by atoms with Crippen molar-refractivity contribution in [3.05, 3.63) is 15.3 Å². The highest BCUT2D eigenvalue weighted by Crippen LogP contribution is 1.79. The zero-order valence-electron chi connectivity index (χ0n) is 7.09. The molecule has 72 valence electrons. The predicted octanol–water partition coefficient (Wildman–Crippen LogP) is -0.630. The van der Waals surface area contributed by atoms with Crippen LogP contribution in [0.4, 0.5) is 0 Å². The van der Waals surface area contributed by atoms with Crippen molar-refractivity contribution in [2.75, 3.05) is 6.54 Å². The van der Waals surface area contributed by atoms with Gasteiger partial charge in [0.15, 0.2) is 4.77 Å². The molecule has 6 nitrogen and oxygen atoms in total. The molecule has 0 aliphatic heterocycles. The highest BCUT2D eigenvalue weighted by molar-refractivity contribution is 7.71. The average Bonchev–Trinajstić information content (AvgIpc) is 2.34. The number of nitrogens with zero attached hydrogens (tertiary/aromatic N) is 1. The third-order valence-corrected chi connectivity index (χ3v) is 1.80. The summed E-state index contributed by atoms with van der Waals surface area (Å²) < 4.78 is 1.67. The van der Waals surface area contributed by atoms with Crippen molar-refractivity contribution < 1.29 is 4.79 Å². The van der Waals surface area contributed by atoms with Gasteiger partial charge in [-0.15, -0.1) is 0 Å². The minimum atomic E-state index is -0.296. The molecule has 0 spiro atoms. The van der Waals surface area contributed by atoms with Gasteiger partial charge in [-0.3, -0.25) is 14.5 Å². The maximum Gasteiger partial charge on any atom is 0.342 e. The van der Waals surface area contributed by atoms with Gasteiger partial charge in [-0.25, -0.2) is 9.89 Å². The number of aromatic amines is 2. The summed E-state index contributed by atoms with van der Waals surface area (Å²) in [7, 11) is 0. The molecule has 1 aromatic heterocycles. The maximum absolute atomic E-state index is 11.0. The van der Waals surface area contributed by atoms with E-state index < -0.39 is 0 Å². The highest BCUT2D eigenvalue weighted by Gasteiger charge is 1.98. The molecule has 0 radical (unpaired) electrons. The van der Waals surface area contributed by atoms with Crippen molar-refractivity contribution in [2.24, 2.45) is 0 Å². The predicted molar refractivity (Wildman–Crippen MR) is 48.9 cm³/mol. The Labute approximate surface area is 78.9 Å². The summed E-state index contributed by atoms with van der Waals surface area (Å²) in [5.74, 6) is -0.126. The lowest BCUT2D eigenvalue weighted by molar-refractivity contribution is -0.118. The van der Waals surface area contributed by atoms with Crippen LogP contribution in [0.1, 0.15) is 6.92 Å². The fourth-order valence-corrected chi connectivity index (χ4v) is 1.11. The van der Waals surface area contributed by atoms with E-state index in [1.807, 2.05) is 0 Å². The van der Waals surface area contributed by atoms with Crippen LogP contribution in [-0.4, -0.2) is 27.2 Å². The van der Waals surface area contributed by atoms with E-state index in [1.165, 1.54) is 11.5 Å². The van der Waals surface area contributed by atoms with E-state index >= 15 is 0 Å². The van der Waals surface area contributed by atoms with Gasteiger partial charge in [0.05, 0.1) is 0 Å². The van der Waals surface area contributed by atoms with Crippen LogP contribution in [0.25, 0.3) is 0 Å². The van der Waals surface area contributed by atoms with Gasteiger partial charge in [0, 0.05) is 20.0 Å². The van der Waals surface area contributed by atoms with E-state index in [4.69, 9.17) is 12.2 Å². The molecule has 0 aromatic carbocycles. The number of hydrogen-bond acceptors (Lipinski definition) is 3. The smallest absolute Gasteiger partial charge is 0.342 e. The molecular formula is C6H10N4O2S. The summed E-state index contributed by atoms with van der Waals surface area (Å²) in [6.07, 6.45) is 0. The monoisotopic (exact) mass is 202 g/mol. The van der Waals surface area contributed by atoms with Gasteiger partial charge in [0.25, 0.3) is 0 Å². The molecule has 0 saturated heterocycles. The van der Waals surface area contributed by atoms with E-state index in [0.29, 0.717) is 17.9 Å². The molecule has 0 fully saturated rings. The minimum Gasteiger partial charge on any atom is -0.355 e. The Kier molecular flexibility index (Phi) is 3.02. The van der Waals surface area contributed by atoms with E-state index in [-0.39, 0.29) is 11.6 Å². The SMILES string of the molecule is CC(=O)NCCn1c(=O)[nH][nH]c1=S. The van der Waals surface area contributed by atoms with Crippen molar-refractivity contribution in [2.45, 2.75) is 13.5 Å². The van der Waals surface area contributed by atoms with E-state index in [0.717, 1.165) is 0 Å². The van der Waals surface area contributed by atoms with Gasteiger partial charge in [0.2, 0.25) is 5.91 Å². The summed E-state index contributed by atoms with van der Waals surface area (Å²) in [4.78, 5) is 21.5. The van der Waals surface area contributed by atoms with Crippen LogP contribution < -0.4 is 11.0 Å². The summed E-state index contributed by atoms with van der Waals surface area (Å²) in [5, 5.41) is 7.41. The molecule has 13 heavy (non-hydrogen) atoms. The molecule has 0 unspecified atom stereocenters. The first-order chi connectivity index (χ1) is 6.11. The van der Waals surface area contributed by atoms with Gasteiger partial charge < -0.3 is 5.32 Å². The Morgan fingerprint density at radius 2 is 2.31 bits per heavy atom. The van der Waals surface area contributed by atoms with E-state index in [9.17, 15) is 9.59 Å². The number of aromatic nitrogens is 3. The van der Waals surface area contributed by atoms with Gasteiger partial charge in [-0.2, -0.15) is 0 Å². The number of hydrogen-bond donors (Lipinski definition) is 3. The van der Waals surface area contributed by atoms with Gasteiger partial charge in [-0.05, 0) is 12.2 Å². The van der Waals surface area contributed by atoms with Crippen LogP contribution in [0.5, 0.6) is 0 Å². The van der Waals surface area contributed by atoms with Crippen LogP contribution in [0, 0.1) is 4.77 Å². The maximum atomic E-state index is 11.0. The van der Waals surface area contributed by atoms with Gasteiger partial charge in [-0.1, -0.05) is 0 Å². The Hall–Kier alpha value is -1.37. The van der Waals surface area contributed by atoms with E-state index in [2.05, 4.69) is 15.5 Å². The summed E-state index contributed by atoms with van der Waals surface area (Å²) in [6.45, 7) is 2.18. The Balaban J connectivity index is 2.60. The van der Waals surface area contributed by atoms with Crippen LogP contribution in [-0.2, 0) is 11.3 Å². The molecule has 1 aromatic rings. The number of nitrogens with one attached hydrogen (secondary N) is 3. The third kappa shape index (κ3) is 2.55. The number of amides is 1. The topological polar surface area (TPSA) is 82.7 Å². The Bertz CT molecular complexity index is 374. The number of rotatable bonds is 3. The normalized spacial score (nSPS) is 9.92. The minimum absolute atomic E-state index is 0.126. The highest BCUT2D eigenvalue weighted by atomic mass is 32.1. The molecular weight excluding hydrogens is 192 g/mol. The molecule has 0 bridgehead atoms. The molecule has 1 rings (SSSR count). The lowest BCUT2D eigenvalue weighted by atomic mass is 10.6. The second kappa shape index (κ2) is 4.04. The lowest BCUT2D eigenvalue weighted by Crippen LogP contribution is -2.28. The zero-order chi connectivity index (χ0) is 9.84. The zero-order valence-corrected chi connectivity index (χ0v) is 7.90. The second-order valence-electron chi connectivity index (χ2n) is 2.49. The Morgan fingerprint density at radius 1 is 1.62 bits per heavy atom. The summed E-state index contributed by atoms with van der Waals surface area (Å²) in [6, 6.07) is 0. The first kappa shape index (κ1) is 9.72. The first-order valence-corrected chi connectivity index (χ1v) is 4.14. The van der Waals surface area contributed by atoms with Gasteiger partial charge >= 0.3 is 5.69 Å². The third-order valence-electron chi connectivity index (χ3n) is 1.48. The molecule has 7 heteroatoms. The fraction of sp³-hybridized carbons (Fsp3) is 0.500. The van der Waals surface area contributed by atoms with E-state index in [1.54, 1.807) is 0 Å². The molecule has 0 saturated carbocycles. The fourth-order valence-electron chi connectivity index (χ4n) is 0.881. The van der Waals surface area contributed by atoms with Gasteiger partial charge in [0.1, 0.15) is 0 Å². The van der Waals surface area contributed by atoms with Crippen molar-refractivity contribution >= 4 is 18.1 Å². The summed E-state index contributed by atoms with van der Waals surface area (Å²) >= 11 is 4.82. The van der Waals surface area contributed by atoms with Crippen LogP contribution in [0.3, 0.4) is 0 Å². The lowest BCUT2D eigenvalue weighted by Gasteiger charge is -2.00. The van der Waals surface area contributed by atoms with Crippen LogP contribution in [0.2, 0.25) is 0 Å². The number of H-pyrrole nitrogens is 2. The average molecular weight is 202 g/mol. The second-order valence-corrected chi connectivity index (χ2v) is 2.88. The number of carbonyl (C=O) groups excluding carboxylic acids is 1. The molecule has 3 N–H and O–H groups in total. The summed E-state index contributed by atoms with van der Waals surface area (Å²) in [5.41, 5.74) is -0.296. The van der Waals surface area contributed by atoms with Crippen molar-refractivity contribution in [1.82, 2.24) is 20.1 Å². The standard InChI is InChI=1S/C6H10N4O2S/c1-4(11)7-2-3-10-5(12)8-9-6(10)13/h2-3H2,1H3,(H,7,11)(H,8,12)(H,9,13). The van der Waals surface area contributed by atoms with Crippen molar-refractivity contribution in [3.8, 4) is 0 Å². The Morgan fingerprint density at radius 3 is 2.77 bits per heavy atom. The first-order valence-electron chi connectivity index (χ1n) is 3.73. The quantitative estimate of drug-likeness (QED) is 0.571. The largest absolute Gasteiger partial charge is 0.355 e. The van der Waals surface area contributed by atoms with Crippen LogP contribution >= 0.6 is 12.2 Å². The molecule has 0 aliphatic carbocycles. The van der Waals surface area contributed by atoms with Crippen LogP contribution in [0.15, 0.2) is 4.79 Å². The van der Waals surface area contributed by atoms with Crippen molar-refractivity contribution in [3.63, 3.8) is 0 Å². The molecule has 1 heterocycles. The van der Waals surface area contributed by atoms with Crippen molar-refractivity contribution in [1.29, 1.82) is 0 Å². The molecule has 1 amide bonds. The molecule has 0 atom stereocenters. The number of carbonyl (C=O) groups is 1.